The van der Waals surface area contributed by atoms with Gasteiger partial charge in [0.25, 0.3) is 0 Å². The van der Waals surface area contributed by atoms with Crippen LogP contribution < -0.4 is 14.8 Å². The Hall–Kier alpha value is -1.60. The van der Waals surface area contributed by atoms with Crippen LogP contribution in [0.3, 0.4) is 0 Å². The summed E-state index contributed by atoms with van der Waals surface area (Å²) in [4.78, 5) is 12.2. The average Bonchev–Trinajstić information content (AvgIpc) is 3.00. The van der Waals surface area contributed by atoms with Gasteiger partial charge in [-0.2, -0.15) is 4.72 Å². The Kier molecular flexibility index (Phi) is 6.01. The highest BCUT2D eigenvalue weighted by atomic mass is 32.2. The van der Waals surface area contributed by atoms with Crippen LogP contribution in [0.4, 0.5) is 0 Å². The van der Waals surface area contributed by atoms with Gasteiger partial charge in [-0.3, -0.25) is 4.79 Å². The Balaban J connectivity index is 1.97. The van der Waals surface area contributed by atoms with Crippen molar-refractivity contribution in [2.24, 2.45) is 0 Å². The summed E-state index contributed by atoms with van der Waals surface area (Å²) in [5.41, 5.74) is 0. The third-order valence-corrected chi connectivity index (χ3v) is 5.43. The van der Waals surface area contributed by atoms with Gasteiger partial charge in [-0.25, -0.2) is 8.42 Å². The van der Waals surface area contributed by atoms with Crippen LogP contribution in [-0.4, -0.2) is 33.0 Å². The van der Waals surface area contributed by atoms with Crippen molar-refractivity contribution in [1.82, 2.24) is 10.0 Å². The first kappa shape index (κ1) is 17.7. The minimum absolute atomic E-state index is 0.112. The summed E-state index contributed by atoms with van der Waals surface area (Å²) in [5, 5.41) is 2.89. The monoisotopic (exact) mass is 340 g/mol. The molecule has 0 heterocycles. The number of carbonyl (C=O) groups is 1. The van der Waals surface area contributed by atoms with Crippen LogP contribution >= 0.6 is 0 Å². The SMILES string of the molecule is CCOc1ccc(S(=O)(=O)N[C@@H](C)C(=O)NC2CCCC2)cc1. The molecule has 1 aromatic carbocycles. The van der Waals surface area contributed by atoms with E-state index in [4.69, 9.17) is 4.74 Å². The lowest BCUT2D eigenvalue weighted by Crippen LogP contribution is -2.47. The van der Waals surface area contributed by atoms with E-state index in [1.165, 1.54) is 12.1 Å². The van der Waals surface area contributed by atoms with Crippen molar-refractivity contribution in [2.45, 2.75) is 56.5 Å². The van der Waals surface area contributed by atoms with Gasteiger partial charge in [0, 0.05) is 6.04 Å². The van der Waals surface area contributed by atoms with Gasteiger partial charge in [0.2, 0.25) is 15.9 Å². The largest absolute Gasteiger partial charge is 0.494 e. The fourth-order valence-corrected chi connectivity index (χ4v) is 3.84. The Bertz CT molecular complexity index is 622. The van der Waals surface area contributed by atoms with Gasteiger partial charge in [0.05, 0.1) is 17.5 Å². The number of benzene rings is 1. The second-order valence-corrected chi connectivity index (χ2v) is 7.45. The number of nitrogens with one attached hydrogen (secondary N) is 2. The summed E-state index contributed by atoms with van der Waals surface area (Å²) in [6.45, 7) is 3.93. The minimum Gasteiger partial charge on any atom is -0.494 e. The number of ether oxygens (including phenoxy) is 1. The molecular formula is C16H24N2O4S. The third kappa shape index (κ3) is 4.94. The van der Waals surface area contributed by atoms with E-state index in [0.29, 0.717) is 12.4 Å². The van der Waals surface area contributed by atoms with Gasteiger partial charge in [0.15, 0.2) is 0 Å². The number of amides is 1. The van der Waals surface area contributed by atoms with Crippen molar-refractivity contribution in [3.05, 3.63) is 24.3 Å². The molecule has 0 bridgehead atoms. The van der Waals surface area contributed by atoms with Crippen LogP contribution in [0.1, 0.15) is 39.5 Å². The summed E-state index contributed by atoms with van der Waals surface area (Å²) in [6, 6.07) is 5.49. The molecule has 7 heteroatoms. The van der Waals surface area contributed by atoms with Crippen LogP contribution in [0.25, 0.3) is 0 Å². The molecule has 0 aliphatic heterocycles. The zero-order valence-corrected chi connectivity index (χ0v) is 14.4. The fraction of sp³-hybridized carbons (Fsp3) is 0.562. The highest BCUT2D eigenvalue weighted by molar-refractivity contribution is 7.89. The van der Waals surface area contributed by atoms with Crippen LogP contribution in [0.5, 0.6) is 5.75 Å². The van der Waals surface area contributed by atoms with E-state index in [2.05, 4.69) is 10.0 Å². The lowest BCUT2D eigenvalue weighted by molar-refractivity contribution is -0.123. The molecule has 2 rings (SSSR count). The van der Waals surface area contributed by atoms with Gasteiger partial charge in [0.1, 0.15) is 5.75 Å². The van der Waals surface area contributed by atoms with E-state index in [1.807, 2.05) is 6.92 Å². The summed E-state index contributed by atoms with van der Waals surface area (Å²) in [7, 11) is -3.74. The Morgan fingerprint density at radius 2 is 1.87 bits per heavy atom. The zero-order chi connectivity index (χ0) is 16.9. The van der Waals surface area contributed by atoms with Crippen LogP contribution in [-0.2, 0) is 14.8 Å². The number of hydrogen-bond donors (Lipinski definition) is 2. The molecule has 0 unspecified atom stereocenters. The first-order valence-corrected chi connectivity index (χ1v) is 9.46. The van der Waals surface area contributed by atoms with Crippen LogP contribution in [0.15, 0.2) is 29.2 Å². The summed E-state index contributed by atoms with van der Waals surface area (Å²) < 4.78 is 32.3. The Morgan fingerprint density at radius 1 is 1.26 bits per heavy atom. The van der Waals surface area contributed by atoms with E-state index in [9.17, 15) is 13.2 Å². The molecule has 1 amide bonds. The van der Waals surface area contributed by atoms with Gasteiger partial charge in [-0.15, -0.1) is 0 Å². The molecule has 6 nitrogen and oxygen atoms in total. The summed E-state index contributed by atoms with van der Waals surface area (Å²) in [5.74, 6) is 0.324. The summed E-state index contributed by atoms with van der Waals surface area (Å²) in [6.07, 6.45) is 4.14. The van der Waals surface area contributed by atoms with Gasteiger partial charge < -0.3 is 10.1 Å². The third-order valence-electron chi connectivity index (χ3n) is 3.87. The van der Waals surface area contributed by atoms with Crippen LogP contribution in [0, 0.1) is 0 Å². The zero-order valence-electron chi connectivity index (χ0n) is 13.5. The lowest BCUT2D eigenvalue weighted by atomic mass is 10.2. The topological polar surface area (TPSA) is 84.5 Å². The van der Waals surface area contributed by atoms with Gasteiger partial charge >= 0.3 is 0 Å². The number of rotatable bonds is 7. The maximum atomic E-state index is 12.3. The molecule has 1 aliphatic rings. The molecule has 1 aromatic rings. The number of hydrogen-bond acceptors (Lipinski definition) is 4. The molecule has 1 fully saturated rings. The normalized spacial score (nSPS) is 17.0. The van der Waals surface area contributed by atoms with Gasteiger partial charge in [-0.1, -0.05) is 12.8 Å². The molecule has 0 spiro atoms. The fourth-order valence-electron chi connectivity index (χ4n) is 2.63. The van der Waals surface area contributed by atoms with E-state index < -0.39 is 16.1 Å². The molecule has 1 saturated carbocycles. The van der Waals surface area contributed by atoms with Crippen molar-refractivity contribution in [1.29, 1.82) is 0 Å². The van der Waals surface area contributed by atoms with E-state index in [1.54, 1.807) is 19.1 Å². The first-order valence-electron chi connectivity index (χ1n) is 7.98. The summed E-state index contributed by atoms with van der Waals surface area (Å²) >= 11 is 0. The average molecular weight is 340 g/mol. The highest BCUT2D eigenvalue weighted by Crippen LogP contribution is 2.18. The predicted molar refractivity (Wildman–Crippen MR) is 87.8 cm³/mol. The van der Waals surface area contributed by atoms with E-state index >= 15 is 0 Å². The van der Waals surface area contributed by atoms with E-state index in [-0.39, 0.29) is 16.8 Å². The number of carbonyl (C=O) groups excluding carboxylic acids is 1. The van der Waals surface area contributed by atoms with Gasteiger partial charge in [-0.05, 0) is 51.0 Å². The van der Waals surface area contributed by atoms with Crippen molar-refractivity contribution in [3.63, 3.8) is 0 Å². The smallest absolute Gasteiger partial charge is 0.241 e. The molecule has 128 valence electrons. The van der Waals surface area contributed by atoms with E-state index in [0.717, 1.165) is 25.7 Å². The van der Waals surface area contributed by atoms with Crippen LogP contribution in [0.2, 0.25) is 0 Å². The Morgan fingerprint density at radius 3 is 2.43 bits per heavy atom. The molecule has 0 radical (unpaired) electrons. The molecule has 0 saturated heterocycles. The van der Waals surface area contributed by atoms with Crippen molar-refractivity contribution < 1.29 is 17.9 Å². The molecular weight excluding hydrogens is 316 g/mol. The second kappa shape index (κ2) is 7.79. The first-order chi connectivity index (χ1) is 10.9. The number of sulfonamides is 1. The maximum Gasteiger partial charge on any atom is 0.241 e. The molecule has 0 aromatic heterocycles. The lowest BCUT2D eigenvalue weighted by Gasteiger charge is -2.18. The maximum absolute atomic E-state index is 12.3. The predicted octanol–water partition coefficient (Wildman–Crippen LogP) is 1.81. The van der Waals surface area contributed by atoms with Crippen molar-refractivity contribution in [2.75, 3.05) is 6.61 Å². The highest BCUT2D eigenvalue weighted by Gasteiger charge is 2.25. The van der Waals surface area contributed by atoms with Crippen molar-refractivity contribution in [3.8, 4) is 5.75 Å². The Labute approximate surface area is 137 Å². The quantitative estimate of drug-likeness (QED) is 0.793. The van der Waals surface area contributed by atoms with Crippen molar-refractivity contribution >= 4 is 15.9 Å². The minimum atomic E-state index is -3.74. The second-order valence-electron chi connectivity index (χ2n) is 5.74. The standard InChI is InChI=1S/C16H24N2O4S/c1-3-22-14-8-10-15(11-9-14)23(20,21)18-12(2)16(19)17-13-6-4-5-7-13/h8-13,18H,3-7H2,1-2H3,(H,17,19)/t12-/m0/s1. The molecule has 1 atom stereocenters. The molecule has 1 aliphatic carbocycles. The molecule has 23 heavy (non-hydrogen) atoms. The molecule has 2 N–H and O–H groups in total.